The fraction of sp³-hybridized carbons (Fsp3) is 0.136. The van der Waals surface area contributed by atoms with E-state index in [9.17, 15) is 19.8 Å². The molecule has 0 fully saturated rings. The summed E-state index contributed by atoms with van der Waals surface area (Å²) in [6.07, 6.45) is 0.566. The number of hydrogen-bond acceptors (Lipinski definition) is 8. The van der Waals surface area contributed by atoms with Gasteiger partial charge >= 0.3 is 0 Å². The van der Waals surface area contributed by atoms with Gasteiger partial charge in [-0.2, -0.15) is 0 Å². The molecule has 0 aliphatic heterocycles. The van der Waals surface area contributed by atoms with Crippen LogP contribution in [-0.2, 0) is 12.8 Å². The molecule has 0 radical (unpaired) electrons. The molecule has 6 aromatic carbocycles. The number of nitrogens with one attached hydrogen (secondary N) is 2. The quantitative estimate of drug-likeness (QED) is 0.103. The zero-order valence-electron chi connectivity index (χ0n) is 29.7. The Morgan fingerprint density at radius 1 is 0.630 bits per heavy atom. The van der Waals surface area contributed by atoms with Crippen molar-refractivity contribution in [1.82, 2.24) is 20.6 Å². The summed E-state index contributed by atoms with van der Waals surface area (Å²) in [4.78, 5) is 34.3. The number of oxazole rings is 2. The lowest BCUT2D eigenvalue weighted by atomic mass is 9.90. The summed E-state index contributed by atoms with van der Waals surface area (Å²) in [5, 5.41) is 32.8. The number of phenols is 2. The molecule has 10 heteroatoms. The van der Waals surface area contributed by atoms with Gasteiger partial charge < -0.3 is 29.7 Å². The predicted molar refractivity (Wildman–Crippen MR) is 210 cm³/mol. The first-order valence-corrected chi connectivity index (χ1v) is 17.7. The highest BCUT2D eigenvalue weighted by atomic mass is 16.4. The van der Waals surface area contributed by atoms with E-state index in [0.717, 1.165) is 27.1 Å². The Morgan fingerprint density at radius 2 is 1.06 bits per heavy atom. The van der Waals surface area contributed by atoms with Gasteiger partial charge in [0.15, 0.2) is 11.2 Å². The van der Waals surface area contributed by atoms with Crippen LogP contribution in [-0.4, -0.2) is 45.1 Å². The average Bonchev–Trinajstić information content (AvgIpc) is 3.81. The number of aromatic hydroxyl groups is 2. The summed E-state index contributed by atoms with van der Waals surface area (Å²) in [5.41, 5.74) is 5.73. The second-order valence-corrected chi connectivity index (χ2v) is 13.2. The Labute approximate surface area is 309 Å². The van der Waals surface area contributed by atoms with E-state index in [1.807, 2.05) is 74.5 Å². The molecule has 2 amide bonds. The van der Waals surface area contributed by atoms with Crippen LogP contribution in [0.15, 0.2) is 118 Å². The number of rotatable bonds is 10. The topological polar surface area (TPSA) is 151 Å². The number of carbonyl (C=O) groups is 2. The number of fused-ring (bicyclic) bond motifs is 4. The lowest BCUT2D eigenvalue weighted by Gasteiger charge is -2.16. The third kappa shape index (κ3) is 6.17. The molecule has 8 aromatic rings. The van der Waals surface area contributed by atoms with Crippen LogP contribution in [0.3, 0.4) is 0 Å². The van der Waals surface area contributed by atoms with E-state index >= 15 is 0 Å². The smallest absolute Gasteiger partial charge is 0.251 e. The molecule has 10 nitrogen and oxygen atoms in total. The molecule has 268 valence electrons. The maximum atomic E-state index is 12.5. The van der Waals surface area contributed by atoms with Crippen LogP contribution in [0.2, 0.25) is 0 Å². The molecule has 8 rings (SSSR count). The standard InChI is InChI=1S/C44H36N4O6/c1-4-45-41(51)27-14-16-37-35(22-27)47-43(53-37)33-20-25-10-6-8-12-29(25)31(39(33)49)18-24(3)19-32-30-13-9-7-11-26(30)21-34(40(32)50)44-48-36-23-28(42(52)46-5-2)15-17-38(36)54-44/h6-17,20-23,49-50H,3-5,18-19H2,1-2H3,(H,45,51)(H,46,52). The summed E-state index contributed by atoms with van der Waals surface area (Å²) >= 11 is 0. The molecule has 54 heavy (non-hydrogen) atoms. The van der Waals surface area contributed by atoms with Crippen molar-refractivity contribution in [3.63, 3.8) is 0 Å². The molecule has 4 N–H and O–H groups in total. The molecule has 0 atom stereocenters. The highest BCUT2D eigenvalue weighted by Gasteiger charge is 2.23. The van der Waals surface area contributed by atoms with Crippen molar-refractivity contribution in [3.05, 3.63) is 131 Å². The molecular formula is C44H36N4O6. The van der Waals surface area contributed by atoms with Crippen molar-refractivity contribution in [2.75, 3.05) is 13.1 Å². The number of allylic oxidation sites excluding steroid dienone is 1. The number of amides is 2. The van der Waals surface area contributed by atoms with Crippen LogP contribution in [0.5, 0.6) is 11.5 Å². The first kappa shape index (κ1) is 34.2. The highest BCUT2D eigenvalue weighted by Crippen LogP contribution is 2.42. The van der Waals surface area contributed by atoms with Gasteiger partial charge in [0, 0.05) is 35.3 Å². The second kappa shape index (κ2) is 13.9. The lowest BCUT2D eigenvalue weighted by Crippen LogP contribution is -2.22. The molecule has 2 heterocycles. The largest absolute Gasteiger partial charge is 0.507 e. The Bertz CT molecular complexity index is 2610. The van der Waals surface area contributed by atoms with Crippen LogP contribution in [0, 0.1) is 0 Å². The van der Waals surface area contributed by atoms with Crippen molar-refractivity contribution in [3.8, 4) is 34.4 Å². The molecule has 0 saturated heterocycles. The second-order valence-electron chi connectivity index (χ2n) is 13.2. The lowest BCUT2D eigenvalue weighted by molar-refractivity contribution is 0.0947. The van der Waals surface area contributed by atoms with Gasteiger partial charge in [-0.3, -0.25) is 9.59 Å². The van der Waals surface area contributed by atoms with E-state index in [1.165, 1.54) is 0 Å². The van der Waals surface area contributed by atoms with E-state index in [0.29, 0.717) is 68.7 Å². The average molecular weight is 717 g/mol. The molecular weight excluding hydrogens is 681 g/mol. The minimum atomic E-state index is -0.205. The number of carbonyl (C=O) groups excluding carboxylic acids is 2. The maximum Gasteiger partial charge on any atom is 0.251 e. The summed E-state index contributed by atoms with van der Waals surface area (Å²) in [6, 6.07) is 29.3. The van der Waals surface area contributed by atoms with Crippen LogP contribution in [0.25, 0.3) is 66.7 Å². The van der Waals surface area contributed by atoms with Crippen LogP contribution in [0.4, 0.5) is 0 Å². The number of aromatic nitrogens is 2. The molecule has 0 unspecified atom stereocenters. The summed E-state index contributed by atoms with van der Waals surface area (Å²) in [6.45, 7) is 9.14. The van der Waals surface area contributed by atoms with Gasteiger partial charge in [-0.1, -0.05) is 60.7 Å². The van der Waals surface area contributed by atoms with E-state index in [1.54, 1.807) is 36.4 Å². The Balaban J connectivity index is 1.16. The SMILES string of the molecule is C=C(Cc1c(O)c(-c2nc3cc(C(=O)NCC)ccc3o2)cc2ccccc12)Cc1c(O)c(-c2nc3cc(C(=O)NCC)ccc3o2)cc2ccccc12. The first-order valence-electron chi connectivity index (χ1n) is 17.7. The van der Waals surface area contributed by atoms with E-state index < -0.39 is 0 Å². The fourth-order valence-electron chi connectivity index (χ4n) is 6.96. The Hall–Kier alpha value is -6.94. The zero-order chi connectivity index (χ0) is 37.5. The van der Waals surface area contributed by atoms with Crippen molar-refractivity contribution in [2.24, 2.45) is 0 Å². The van der Waals surface area contributed by atoms with Crippen LogP contribution in [0.1, 0.15) is 45.7 Å². The molecule has 0 bridgehead atoms. The van der Waals surface area contributed by atoms with Gasteiger partial charge in [-0.25, -0.2) is 9.97 Å². The van der Waals surface area contributed by atoms with Gasteiger partial charge in [0.25, 0.3) is 11.8 Å². The Morgan fingerprint density at radius 3 is 1.48 bits per heavy atom. The van der Waals surface area contributed by atoms with Gasteiger partial charge in [0.05, 0.1) is 11.1 Å². The van der Waals surface area contributed by atoms with Crippen molar-refractivity contribution >= 4 is 55.6 Å². The van der Waals surface area contributed by atoms with E-state index in [4.69, 9.17) is 8.83 Å². The third-order valence-corrected chi connectivity index (χ3v) is 9.54. The van der Waals surface area contributed by atoms with Crippen LogP contribution < -0.4 is 10.6 Å². The number of hydrogen-bond donors (Lipinski definition) is 4. The monoisotopic (exact) mass is 716 g/mol. The zero-order valence-corrected chi connectivity index (χ0v) is 29.7. The van der Waals surface area contributed by atoms with Crippen molar-refractivity contribution in [1.29, 1.82) is 0 Å². The minimum Gasteiger partial charge on any atom is -0.507 e. The van der Waals surface area contributed by atoms with Crippen LogP contribution >= 0.6 is 0 Å². The highest BCUT2D eigenvalue weighted by molar-refractivity contribution is 5.99. The summed E-state index contributed by atoms with van der Waals surface area (Å²) in [7, 11) is 0. The number of nitrogens with zero attached hydrogens (tertiary/aromatic N) is 2. The van der Waals surface area contributed by atoms with Gasteiger partial charge in [-0.05, 0) is 96.8 Å². The number of phenolic OH excluding ortho intramolecular Hbond substituents is 2. The molecule has 0 spiro atoms. The summed E-state index contributed by atoms with van der Waals surface area (Å²) in [5.74, 6) is 0.0481. The van der Waals surface area contributed by atoms with Crippen molar-refractivity contribution in [2.45, 2.75) is 26.7 Å². The molecule has 0 saturated carbocycles. The number of benzene rings is 6. The van der Waals surface area contributed by atoms with E-state index in [2.05, 4.69) is 27.2 Å². The molecule has 2 aromatic heterocycles. The molecule has 0 aliphatic carbocycles. The van der Waals surface area contributed by atoms with Gasteiger partial charge in [0.2, 0.25) is 11.8 Å². The predicted octanol–water partition coefficient (Wildman–Crippen LogP) is 8.86. The van der Waals surface area contributed by atoms with Gasteiger partial charge in [0.1, 0.15) is 22.5 Å². The normalized spacial score (nSPS) is 11.4. The minimum absolute atomic E-state index is 0.00616. The fourth-order valence-corrected chi connectivity index (χ4v) is 6.96. The van der Waals surface area contributed by atoms with E-state index in [-0.39, 0.29) is 47.9 Å². The van der Waals surface area contributed by atoms with Crippen molar-refractivity contribution < 1.29 is 28.6 Å². The summed E-state index contributed by atoms with van der Waals surface area (Å²) < 4.78 is 12.2. The Kier molecular flexibility index (Phi) is 8.79. The maximum absolute atomic E-state index is 12.5. The molecule has 0 aliphatic rings. The third-order valence-electron chi connectivity index (χ3n) is 9.54. The van der Waals surface area contributed by atoms with Gasteiger partial charge in [-0.15, -0.1) is 0 Å². The first-order chi connectivity index (χ1) is 26.2.